The first-order chi connectivity index (χ1) is 12.0. The topological polar surface area (TPSA) is 114 Å². The first kappa shape index (κ1) is 17.3. The van der Waals surface area contributed by atoms with Crippen molar-refractivity contribution in [2.45, 2.75) is 25.7 Å². The molecule has 1 saturated carbocycles. The number of fused-ring (bicyclic) bond motifs is 1. The Labute approximate surface area is 148 Å². The summed E-state index contributed by atoms with van der Waals surface area (Å²) in [7, 11) is 0. The molecule has 0 aromatic heterocycles. The van der Waals surface area contributed by atoms with Crippen molar-refractivity contribution in [3.63, 3.8) is 0 Å². The monoisotopic (exact) mass is 360 g/mol. The Morgan fingerprint density at radius 3 is 3.00 bits per heavy atom. The minimum absolute atomic E-state index is 0.0241. The summed E-state index contributed by atoms with van der Waals surface area (Å²) in [5.41, 5.74) is 1.12. The molecule has 0 spiro atoms. The molecule has 2 amide bonds. The summed E-state index contributed by atoms with van der Waals surface area (Å²) in [5.74, 6) is -0.675. The Kier molecular flexibility index (Phi) is 5.22. The van der Waals surface area contributed by atoms with Gasteiger partial charge >= 0.3 is 0 Å². The second kappa shape index (κ2) is 7.56. The van der Waals surface area contributed by atoms with Crippen LogP contribution in [0.15, 0.2) is 34.3 Å². The standard InChI is InChI=1S/C16H16N4O4S/c21-14(17-10-4-3-5-11(8-10)20(23)24)9-25-16-18-13-7-2-1-6-12(13)15(22)19-16/h3-5,8,12H,1-2,6-7,9H2,(H,17,21). The highest BCUT2D eigenvalue weighted by Gasteiger charge is 2.30. The lowest BCUT2D eigenvalue weighted by Crippen LogP contribution is -2.30. The number of amidine groups is 1. The molecule has 0 bridgehead atoms. The molecule has 1 aromatic rings. The summed E-state index contributed by atoms with van der Waals surface area (Å²) in [6.07, 6.45) is 3.63. The Hall–Kier alpha value is -2.55. The fourth-order valence-corrected chi connectivity index (χ4v) is 3.47. The van der Waals surface area contributed by atoms with Gasteiger partial charge in [-0.2, -0.15) is 4.99 Å². The molecule has 130 valence electrons. The number of benzene rings is 1. The molecule has 1 fully saturated rings. The molecule has 25 heavy (non-hydrogen) atoms. The van der Waals surface area contributed by atoms with Gasteiger partial charge in [0.15, 0.2) is 5.17 Å². The van der Waals surface area contributed by atoms with E-state index in [9.17, 15) is 19.7 Å². The van der Waals surface area contributed by atoms with Gasteiger partial charge in [-0.05, 0) is 25.3 Å². The number of anilines is 1. The van der Waals surface area contributed by atoms with Crippen molar-refractivity contribution in [1.29, 1.82) is 0 Å². The van der Waals surface area contributed by atoms with Crippen LogP contribution in [0.2, 0.25) is 0 Å². The number of nitrogens with one attached hydrogen (secondary N) is 1. The fraction of sp³-hybridized carbons (Fsp3) is 0.375. The first-order valence-corrected chi connectivity index (χ1v) is 8.88. The smallest absolute Gasteiger partial charge is 0.271 e. The Balaban J connectivity index is 1.57. The summed E-state index contributed by atoms with van der Waals surface area (Å²) in [5, 5.41) is 13.6. The van der Waals surface area contributed by atoms with E-state index in [2.05, 4.69) is 15.3 Å². The quantitative estimate of drug-likeness (QED) is 0.655. The second-order valence-electron chi connectivity index (χ2n) is 5.78. The number of hydrogen-bond donors (Lipinski definition) is 1. The molecule has 1 N–H and O–H groups in total. The highest BCUT2D eigenvalue weighted by atomic mass is 32.2. The predicted octanol–water partition coefficient (Wildman–Crippen LogP) is 2.79. The zero-order valence-electron chi connectivity index (χ0n) is 13.3. The van der Waals surface area contributed by atoms with E-state index in [1.807, 2.05) is 0 Å². The maximum Gasteiger partial charge on any atom is 0.271 e. The van der Waals surface area contributed by atoms with Gasteiger partial charge in [0.1, 0.15) is 0 Å². The zero-order valence-corrected chi connectivity index (χ0v) is 14.1. The van der Waals surface area contributed by atoms with Gasteiger partial charge in [0.05, 0.1) is 16.6 Å². The van der Waals surface area contributed by atoms with Gasteiger partial charge in [-0.15, -0.1) is 0 Å². The number of rotatable bonds is 4. The number of nitrogens with zero attached hydrogens (tertiary/aromatic N) is 3. The zero-order chi connectivity index (χ0) is 17.8. The third-order valence-corrected chi connectivity index (χ3v) is 4.84. The SMILES string of the molecule is O=C(CSC1=NC(=O)C2CCCCC2=N1)Nc1cccc([N+](=O)[O-])c1. The molecule has 1 heterocycles. The minimum Gasteiger partial charge on any atom is -0.325 e. The van der Waals surface area contributed by atoms with Crippen molar-refractivity contribution in [2.75, 3.05) is 11.1 Å². The molecular formula is C16H16N4O4S. The Morgan fingerprint density at radius 2 is 2.20 bits per heavy atom. The van der Waals surface area contributed by atoms with E-state index >= 15 is 0 Å². The summed E-state index contributed by atoms with van der Waals surface area (Å²) in [4.78, 5) is 42.6. The van der Waals surface area contributed by atoms with Crippen molar-refractivity contribution in [3.05, 3.63) is 34.4 Å². The number of amides is 2. The normalized spacial score (nSPS) is 19.5. The summed E-state index contributed by atoms with van der Waals surface area (Å²) in [6, 6.07) is 5.71. The van der Waals surface area contributed by atoms with Gasteiger partial charge in [0.2, 0.25) is 5.91 Å². The Bertz CT molecular complexity index is 790. The van der Waals surface area contributed by atoms with Gasteiger partial charge in [-0.25, -0.2) is 4.99 Å². The van der Waals surface area contributed by atoms with Crippen LogP contribution in [0, 0.1) is 16.0 Å². The highest BCUT2D eigenvalue weighted by Crippen LogP contribution is 2.27. The van der Waals surface area contributed by atoms with Crippen molar-refractivity contribution >= 4 is 45.8 Å². The third kappa shape index (κ3) is 4.30. The van der Waals surface area contributed by atoms with E-state index in [0.717, 1.165) is 43.2 Å². The van der Waals surface area contributed by atoms with Crippen LogP contribution in [-0.4, -0.2) is 33.4 Å². The molecule has 2 aliphatic rings. The molecular weight excluding hydrogens is 344 g/mol. The van der Waals surface area contributed by atoms with Crippen LogP contribution in [0.1, 0.15) is 25.7 Å². The Morgan fingerprint density at radius 1 is 1.36 bits per heavy atom. The average molecular weight is 360 g/mol. The molecule has 1 aromatic carbocycles. The summed E-state index contributed by atoms with van der Waals surface area (Å²) < 4.78 is 0. The molecule has 0 saturated heterocycles. The largest absolute Gasteiger partial charge is 0.325 e. The van der Waals surface area contributed by atoms with Gasteiger partial charge in [0.25, 0.3) is 11.6 Å². The van der Waals surface area contributed by atoms with E-state index in [1.54, 1.807) is 6.07 Å². The minimum atomic E-state index is -0.524. The number of nitro benzene ring substituents is 1. The van der Waals surface area contributed by atoms with Crippen molar-refractivity contribution in [3.8, 4) is 0 Å². The molecule has 3 rings (SSSR count). The van der Waals surface area contributed by atoms with Crippen LogP contribution < -0.4 is 5.32 Å². The van der Waals surface area contributed by atoms with Crippen LogP contribution in [0.25, 0.3) is 0 Å². The summed E-state index contributed by atoms with van der Waals surface area (Å²) in [6.45, 7) is 0. The van der Waals surface area contributed by atoms with E-state index in [1.165, 1.54) is 18.2 Å². The molecule has 1 atom stereocenters. The van der Waals surface area contributed by atoms with Gasteiger partial charge < -0.3 is 5.32 Å². The number of carbonyl (C=O) groups is 2. The number of nitro groups is 1. The molecule has 1 unspecified atom stereocenters. The van der Waals surface area contributed by atoms with Gasteiger partial charge in [0, 0.05) is 23.5 Å². The lowest BCUT2D eigenvalue weighted by atomic mass is 9.86. The van der Waals surface area contributed by atoms with Crippen molar-refractivity contribution < 1.29 is 14.5 Å². The third-order valence-electron chi connectivity index (χ3n) is 3.99. The average Bonchev–Trinajstić information content (AvgIpc) is 2.60. The molecule has 1 aliphatic heterocycles. The number of non-ortho nitro benzene ring substituents is 1. The lowest BCUT2D eigenvalue weighted by Gasteiger charge is -2.24. The number of carbonyl (C=O) groups excluding carboxylic acids is 2. The fourth-order valence-electron chi connectivity index (χ4n) is 2.80. The molecule has 1 aliphatic carbocycles. The van der Waals surface area contributed by atoms with Crippen molar-refractivity contribution in [1.82, 2.24) is 0 Å². The lowest BCUT2D eigenvalue weighted by molar-refractivity contribution is -0.384. The van der Waals surface area contributed by atoms with Gasteiger partial charge in [-0.1, -0.05) is 24.2 Å². The van der Waals surface area contributed by atoms with E-state index in [0.29, 0.717) is 10.9 Å². The summed E-state index contributed by atoms with van der Waals surface area (Å²) >= 11 is 1.09. The maximum absolute atomic E-state index is 12.0. The number of hydrogen-bond acceptors (Lipinski definition) is 6. The van der Waals surface area contributed by atoms with E-state index < -0.39 is 4.92 Å². The van der Waals surface area contributed by atoms with Gasteiger partial charge in [-0.3, -0.25) is 19.7 Å². The van der Waals surface area contributed by atoms with E-state index in [4.69, 9.17) is 0 Å². The van der Waals surface area contributed by atoms with Crippen LogP contribution in [0.3, 0.4) is 0 Å². The van der Waals surface area contributed by atoms with Crippen molar-refractivity contribution in [2.24, 2.45) is 15.9 Å². The molecule has 0 radical (unpaired) electrons. The maximum atomic E-state index is 12.0. The van der Waals surface area contributed by atoms with Crippen LogP contribution in [0.5, 0.6) is 0 Å². The second-order valence-corrected chi connectivity index (χ2v) is 6.72. The first-order valence-electron chi connectivity index (χ1n) is 7.90. The number of thioether (sulfide) groups is 1. The molecule has 9 heteroatoms. The van der Waals surface area contributed by atoms with Crippen LogP contribution in [0.4, 0.5) is 11.4 Å². The van der Waals surface area contributed by atoms with Crippen LogP contribution >= 0.6 is 11.8 Å². The van der Waals surface area contributed by atoms with Crippen LogP contribution in [-0.2, 0) is 9.59 Å². The predicted molar refractivity (Wildman–Crippen MR) is 96.0 cm³/mol. The molecule has 8 nitrogen and oxygen atoms in total. The highest BCUT2D eigenvalue weighted by molar-refractivity contribution is 8.14. The number of aliphatic imine (C=N–C) groups is 2. The van der Waals surface area contributed by atoms with E-state index in [-0.39, 0.29) is 29.2 Å².